The van der Waals surface area contributed by atoms with E-state index in [9.17, 15) is 0 Å². The highest BCUT2D eigenvalue weighted by atomic mass is 14.7. The first kappa shape index (κ1) is 13.2. The third-order valence-electron chi connectivity index (χ3n) is 2.76. The highest BCUT2D eigenvalue weighted by molar-refractivity contribution is 5.21. The van der Waals surface area contributed by atoms with Gasteiger partial charge >= 0.3 is 0 Å². The smallest absolute Gasteiger partial charge is 0.0459 e. The molecule has 0 bridgehead atoms. The van der Waals surface area contributed by atoms with Crippen LogP contribution in [-0.2, 0) is 11.8 Å². The summed E-state index contributed by atoms with van der Waals surface area (Å²) in [4.78, 5) is 4.46. The van der Waals surface area contributed by atoms with E-state index >= 15 is 0 Å². The molecule has 0 atom stereocenters. The maximum atomic E-state index is 4.46. The van der Waals surface area contributed by atoms with Crippen molar-refractivity contribution in [1.29, 1.82) is 0 Å². The molecule has 0 spiro atoms. The lowest BCUT2D eigenvalue weighted by atomic mass is 9.87. The summed E-state index contributed by atoms with van der Waals surface area (Å²) in [6, 6.07) is 4.40. The van der Waals surface area contributed by atoms with Crippen molar-refractivity contribution in [1.82, 2.24) is 4.98 Å². The first-order valence-electron chi connectivity index (χ1n) is 6.14. The largest absolute Gasteiger partial charge is 0.261 e. The van der Waals surface area contributed by atoms with Gasteiger partial charge in [-0.15, -0.1) is 0 Å². The standard InChI is InChI=1S/C15H25N/c1-14(2,3)9-7-12-8-10-16-13(11-12)15(4,5)6/h8,10-11H,7,9H2,1-6H3. The average molecular weight is 219 g/mol. The van der Waals surface area contributed by atoms with Gasteiger partial charge in [0.05, 0.1) is 0 Å². The second kappa shape index (κ2) is 4.57. The lowest BCUT2D eigenvalue weighted by Crippen LogP contribution is -2.14. The average Bonchev–Trinajstić information content (AvgIpc) is 2.13. The van der Waals surface area contributed by atoms with Crippen molar-refractivity contribution in [3.8, 4) is 0 Å². The van der Waals surface area contributed by atoms with Gasteiger partial charge in [0.25, 0.3) is 0 Å². The van der Waals surface area contributed by atoms with Gasteiger partial charge in [-0.3, -0.25) is 4.98 Å². The van der Waals surface area contributed by atoms with Crippen LogP contribution in [0, 0.1) is 5.41 Å². The Hall–Kier alpha value is -0.850. The van der Waals surface area contributed by atoms with Gasteiger partial charge in [-0.25, -0.2) is 0 Å². The van der Waals surface area contributed by atoms with E-state index in [1.54, 1.807) is 0 Å². The summed E-state index contributed by atoms with van der Waals surface area (Å²) in [5.41, 5.74) is 3.16. The quantitative estimate of drug-likeness (QED) is 0.720. The van der Waals surface area contributed by atoms with Crippen LogP contribution in [-0.4, -0.2) is 4.98 Å². The molecule has 1 rings (SSSR count). The Kier molecular flexibility index (Phi) is 3.77. The van der Waals surface area contributed by atoms with Crippen LogP contribution in [0.25, 0.3) is 0 Å². The molecule has 1 heteroatoms. The SMILES string of the molecule is CC(C)(C)CCc1ccnc(C(C)(C)C)c1. The Morgan fingerprint density at radius 1 is 1.06 bits per heavy atom. The minimum Gasteiger partial charge on any atom is -0.261 e. The van der Waals surface area contributed by atoms with Gasteiger partial charge in [-0.05, 0) is 36.0 Å². The third kappa shape index (κ3) is 4.34. The van der Waals surface area contributed by atoms with E-state index < -0.39 is 0 Å². The Morgan fingerprint density at radius 2 is 1.69 bits per heavy atom. The first-order chi connectivity index (χ1) is 7.18. The number of rotatable bonds is 2. The zero-order valence-electron chi connectivity index (χ0n) is 11.6. The van der Waals surface area contributed by atoms with E-state index in [4.69, 9.17) is 0 Å². The zero-order chi connectivity index (χ0) is 12.4. The van der Waals surface area contributed by atoms with Crippen LogP contribution >= 0.6 is 0 Å². The summed E-state index contributed by atoms with van der Waals surface area (Å²) >= 11 is 0. The number of aryl methyl sites for hydroxylation is 1. The third-order valence-corrected chi connectivity index (χ3v) is 2.76. The molecule has 0 aliphatic carbocycles. The molecule has 0 radical (unpaired) electrons. The molecule has 1 heterocycles. The van der Waals surface area contributed by atoms with Gasteiger partial charge in [-0.1, -0.05) is 41.5 Å². The molecule has 1 aromatic heterocycles. The summed E-state index contributed by atoms with van der Waals surface area (Å²) in [5.74, 6) is 0. The molecule has 90 valence electrons. The molecule has 0 amide bonds. The number of hydrogen-bond acceptors (Lipinski definition) is 1. The Morgan fingerprint density at radius 3 is 2.19 bits per heavy atom. The number of aromatic nitrogens is 1. The molecule has 16 heavy (non-hydrogen) atoms. The van der Waals surface area contributed by atoms with Crippen LogP contribution in [0.4, 0.5) is 0 Å². The monoisotopic (exact) mass is 219 g/mol. The molecular weight excluding hydrogens is 194 g/mol. The molecule has 0 saturated heterocycles. The van der Waals surface area contributed by atoms with Crippen LogP contribution in [0.1, 0.15) is 59.2 Å². The van der Waals surface area contributed by atoms with Crippen molar-refractivity contribution in [2.24, 2.45) is 5.41 Å². The molecule has 0 N–H and O–H groups in total. The van der Waals surface area contributed by atoms with Crippen molar-refractivity contribution in [2.45, 2.75) is 59.8 Å². The molecular formula is C15H25N. The Balaban J connectivity index is 2.76. The van der Waals surface area contributed by atoms with Crippen LogP contribution in [0.5, 0.6) is 0 Å². The summed E-state index contributed by atoms with van der Waals surface area (Å²) in [6.45, 7) is 13.5. The zero-order valence-corrected chi connectivity index (χ0v) is 11.6. The lowest BCUT2D eigenvalue weighted by Gasteiger charge is -2.20. The summed E-state index contributed by atoms with van der Waals surface area (Å²) in [7, 11) is 0. The van der Waals surface area contributed by atoms with E-state index in [1.165, 1.54) is 17.7 Å². The fraction of sp³-hybridized carbons (Fsp3) is 0.667. The minimum absolute atomic E-state index is 0.151. The fourth-order valence-electron chi connectivity index (χ4n) is 1.56. The second-order valence-corrected chi connectivity index (χ2v) is 6.86. The normalized spacial score (nSPS) is 12.9. The van der Waals surface area contributed by atoms with E-state index in [-0.39, 0.29) is 5.41 Å². The predicted molar refractivity (Wildman–Crippen MR) is 70.7 cm³/mol. The van der Waals surface area contributed by atoms with Crippen molar-refractivity contribution < 1.29 is 0 Å². The van der Waals surface area contributed by atoms with Crippen molar-refractivity contribution in [3.05, 3.63) is 29.6 Å². The topological polar surface area (TPSA) is 12.9 Å². The molecule has 0 unspecified atom stereocenters. The maximum absolute atomic E-state index is 4.46. The molecule has 0 fully saturated rings. The molecule has 1 aromatic rings. The minimum atomic E-state index is 0.151. The molecule has 1 nitrogen and oxygen atoms in total. The first-order valence-corrected chi connectivity index (χ1v) is 6.14. The fourth-order valence-corrected chi connectivity index (χ4v) is 1.56. The number of nitrogens with zero attached hydrogens (tertiary/aromatic N) is 1. The van der Waals surface area contributed by atoms with Crippen molar-refractivity contribution >= 4 is 0 Å². The van der Waals surface area contributed by atoms with E-state index in [0.717, 1.165) is 6.42 Å². The van der Waals surface area contributed by atoms with Crippen LogP contribution < -0.4 is 0 Å². The second-order valence-electron chi connectivity index (χ2n) is 6.86. The lowest BCUT2D eigenvalue weighted by molar-refractivity contribution is 0.378. The van der Waals surface area contributed by atoms with Gasteiger partial charge in [-0.2, -0.15) is 0 Å². The molecule has 0 saturated carbocycles. The maximum Gasteiger partial charge on any atom is 0.0459 e. The van der Waals surface area contributed by atoms with Gasteiger partial charge in [0.1, 0.15) is 0 Å². The van der Waals surface area contributed by atoms with Gasteiger partial charge < -0.3 is 0 Å². The number of hydrogen-bond donors (Lipinski definition) is 0. The Bertz CT molecular complexity index is 339. The van der Waals surface area contributed by atoms with Gasteiger partial charge in [0.15, 0.2) is 0 Å². The van der Waals surface area contributed by atoms with Gasteiger partial charge in [0, 0.05) is 17.3 Å². The van der Waals surface area contributed by atoms with Crippen LogP contribution in [0.2, 0.25) is 0 Å². The predicted octanol–water partition coefficient (Wildman–Crippen LogP) is 4.36. The highest BCUT2D eigenvalue weighted by Gasteiger charge is 2.16. The van der Waals surface area contributed by atoms with Crippen molar-refractivity contribution in [3.63, 3.8) is 0 Å². The van der Waals surface area contributed by atoms with E-state index in [2.05, 4.69) is 58.7 Å². The summed E-state index contributed by atoms with van der Waals surface area (Å²) in [5, 5.41) is 0. The molecule has 0 aliphatic rings. The van der Waals surface area contributed by atoms with Crippen LogP contribution in [0.3, 0.4) is 0 Å². The summed E-state index contributed by atoms with van der Waals surface area (Å²) < 4.78 is 0. The van der Waals surface area contributed by atoms with Crippen LogP contribution in [0.15, 0.2) is 18.3 Å². The van der Waals surface area contributed by atoms with E-state index in [0.29, 0.717) is 5.41 Å². The van der Waals surface area contributed by atoms with Crippen molar-refractivity contribution in [2.75, 3.05) is 0 Å². The highest BCUT2D eigenvalue weighted by Crippen LogP contribution is 2.24. The molecule has 0 aliphatic heterocycles. The van der Waals surface area contributed by atoms with E-state index in [1.807, 2.05) is 6.20 Å². The van der Waals surface area contributed by atoms with Gasteiger partial charge in [0.2, 0.25) is 0 Å². The Labute approximate surface area is 100 Å². The summed E-state index contributed by atoms with van der Waals surface area (Å²) in [6.07, 6.45) is 4.31. The number of pyridine rings is 1. The molecule has 0 aromatic carbocycles.